The molecule has 6 heteroatoms. The Labute approximate surface area is 115 Å². The van der Waals surface area contributed by atoms with Crippen molar-refractivity contribution in [2.45, 2.75) is 57.1 Å². The van der Waals surface area contributed by atoms with E-state index in [0.717, 1.165) is 31.5 Å². The Kier molecular flexibility index (Phi) is 4.32. The minimum Gasteiger partial charge on any atom is -0.349 e. The van der Waals surface area contributed by atoms with Crippen molar-refractivity contribution < 1.29 is 8.42 Å². The number of nitrogens with two attached hydrogens (primary N) is 1. The predicted octanol–water partition coefficient (Wildman–Crippen LogP) is 1.53. The van der Waals surface area contributed by atoms with Crippen LogP contribution in [0.25, 0.3) is 0 Å². The molecule has 0 saturated carbocycles. The van der Waals surface area contributed by atoms with E-state index in [0.29, 0.717) is 18.0 Å². The topological polar surface area (TPSA) is 68.3 Å². The van der Waals surface area contributed by atoms with Crippen molar-refractivity contribution >= 4 is 10.0 Å². The molecular formula is C13H23N3O2S. The summed E-state index contributed by atoms with van der Waals surface area (Å²) in [4.78, 5) is 0.378. The molecule has 1 aliphatic heterocycles. The van der Waals surface area contributed by atoms with Crippen LogP contribution < -0.4 is 5.73 Å². The molecule has 5 nitrogen and oxygen atoms in total. The van der Waals surface area contributed by atoms with Gasteiger partial charge in [-0.25, -0.2) is 8.42 Å². The molecule has 1 fully saturated rings. The number of sulfonamides is 1. The predicted molar refractivity (Wildman–Crippen MR) is 75.2 cm³/mol. The van der Waals surface area contributed by atoms with Crippen molar-refractivity contribution in [2.24, 2.45) is 5.73 Å². The van der Waals surface area contributed by atoms with Crippen molar-refractivity contribution in [1.29, 1.82) is 0 Å². The van der Waals surface area contributed by atoms with Crippen LogP contribution in [0, 0.1) is 0 Å². The van der Waals surface area contributed by atoms with Gasteiger partial charge in [-0.1, -0.05) is 6.42 Å². The first-order chi connectivity index (χ1) is 9.00. The Morgan fingerprint density at radius 2 is 2.16 bits per heavy atom. The van der Waals surface area contributed by atoms with Crippen molar-refractivity contribution in [2.75, 3.05) is 6.54 Å². The fourth-order valence-corrected chi connectivity index (χ4v) is 4.46. The van der Waals surface area contributed by atoms with E-state index in [2.05, 4.69) is 0 Å². The third-order valence-corrected chi connectivity index (χ3v) is 5.84. The summed E-state index contributed by atoms with van der Waals surface area (Å²) in [5.74, 6) is 0. The molecule has 2 rings (SSSR count). The van der Waals surface area contributed by atoms with Gasteiger partial charge in [0.2, 0.25) is 10.0 Å². The van der Waals surface area contributed by atoms with Crippen molar-refractivity contribution in [3.8, 4) is 0 Å². The second-order valence-corrected chi connectivity index (χ2v) is 7.01. The summed E-state index contributed by atoms with van der Waals surface area (Å²) >= 11 is 0. The lowest BCUT2D eigenvalue weighted by Gasteiger charge is -2.31. The average Bonchev–Trinajstić information content (AvgIpc) is 2.83. The first kappa shape index (κ1) is 14.6. The molecule has 1 unspecified atom stereocenters. The Morgan fingerprint density at radius 1 is 1.42 bits per heavy atom. The lowest BCUT2D eigenvalue weighted by Crippen LogP contribution is -2.41. The molecule has 1 aromatic heterocycles. The van der Waals surface area contributed by atoms with E-state index in [1.165, 1.54) is 0 Å². The van der Waals surface area contributed by atoms with E-state index in [1.54, 1.807) is 16.6 Å². The Bertz CT molecular complexity index is 515. The molecule has 0 spiro atoms. The molecule has 108 valence electrons. The van der Waals surface area contributed by atoms with Gasteiger partial charge in [0.05, 0.1) is 0 Å². The van der Waals surface area contributed by atoms with Crippen LogP contribution in [0.1, 0.15) is 38.8 Å². The molecule has 2 N–H and O–H groups in total. The van der Waals surface area contributed by atoms with Gasteiger partial charge in [0.15, 0.2) is 0 Å². The Balaban J connectivity index is 2.35. The van der Waals surface area contributed by atoms with Crippen LogP contribution in [-0.4, -0.2) is 29.9 Å². The quantitative estimate of drug-likeness (QED) is 0.912. The van der Waals surface area contributed by atoms with E-state index in [1.807, 2.05) is 18.4 Å². The largest absolute Gasteiger partial charge is 0.349 e. The van der Waals surface area contributed by atoms with Crippen LogP contribution in [0.3, 0.4) is 0 Å². The highest BCUT2D eigenvalue weighted by molar-refractivity contribution is 7.89. The van der Waals surface area contributed by atoms with E-state index in [-0.39, 0.29) is 6.04 Å². The lowest BCUT2D eigenvalue weighted by molar-refractivity contribution is 0.268. The van der Waals surface area contributed by atoms with Gasteiger partial charge in [0.1, 0.15) is 4.90 Å². The zero-order valence-electron chi connectivity index (χ0n) is 11.7. The average molecular weight is 285 g/mol. The number of nitrogens with zero attached hydrogens (tertiary/aromatic N) is 2. The molecule has 0 aromatic carbocycles. The van der Waals surface area contributed by atoms with Gasteiger partial charge in [-0.2, -0.15) is 4.31 Å². The maximum Gasteiger partial charge on any atom is 0.244 e. The first-order valence-electron chi connectivity index (χ1n) is 6.91. The smallest absolute Gasteiger partial charge is 0.244 e. The molecule has 1 saturated heterocycles. The third kappa shape index (κ3) is 2.70. The van der Waals surface area contributed by atoms with Crippen LogP contribution in [0.15, 0.2) is 17.2 Å². The molecule has 1 atom stereocenters. The normalized spacial score (nSPS) is 21.7. The number of rotatable bonds is 4. The summed E-state index contributed by atoms with van der Waals surface area (Å²) in [6.45, 7) is 5.69. The monoisotopic (exact) mass is 285 g/mol. The standard InChI is InChI=1S/C13H23N3O2S/c1-3-15-10-13(8-12(15)9-14)19(17,18)16-7-5-4-6-11(16)2/h8,10-11H,3-7,9,14H2,1-2H3. The second kappa shape index (κ2) is 5.64. The summed E-state index contributed by atoms with van der Waals surface area (Å²) in [6.07, 6.45) is 4.70. The van der Waals surface area contributed by atoms with Crippen LogP contribution >= 0.6 is 0 Å². The summed E-state index contributed by atoms with van der Waals surface area (Å²) in [7, 11) is -3.38. The van der Waals surface area contributed by atoms with Gasteiger partial charge in [0.25, 0.3) is 0 Å². The maximum atomic E-state index is 12.7. The first-order valence-corrected chi connectivity index (χ1v) is 8.35. The van der Waals surface area contributed by atoms with Gasteiger partial charge < -0.3 is 10.3 Å². The van der Waals surface area contributed by atoms with Crippen molar-refractivity contribution in [3.05, 3.63) is 18.0 Å². The summed E-state index contributed by atoms with van der Waals surface area (Å²) in [6, 6.07) is 1.80. The van der Waals surface area contributed by atoms with E-state index >= 15 is 0 Å². The molecule has 1 aromatic rings. The SMILES string of the molecule is CCn1cc(S(=O)(=O)N2CCCCC2C)cc1CN. The number of aromatic nitrogens is 1. The molecular weight excluding hydrogens is 262 g/mol. The van der Waals surface area contributed by atoms with Gasteiger partial charge in [-0.3, -0.25) is 0 Å². The number of piperidine rings is 1. The highest BCUT2D eigenvalue weighted by Gasteiger charge is 2.31. The second-order valence-electron chi connectivity index (χ2n) is 5.12. The maximum absolute atomic E-state index is 12.7. The summed E-state index contributed by atoms with van der Waals surface area (Å²) < 4.78 is 28.9. The summed E-state index contributed by atoms with van der Waals surface area (Å²) in [5.41, 5.74) is 6.53. The van der Waals surface area contributed by atoms with Crippen LogP contribution in [0.5, 0.6) is 0 Å². The van der Waals surface area contributed by atoms with Crippen LogP contribution in [-0.2, 0) is 23.1 Å². The fraction of sp³-hybridized carbons (Fsp3) is 0.692. The minimum absolute atomic E-state index is 0.0880. The molecule has 0 bridgehead atoms. The van der Waals surface area contributed by atoms with Gasteiger partial charge >= 0.3 is 0 Å². The molecule has 0 amide bonds. The van der Waals surface area contributed by atoms with Crippen molar-refractivity contribution in [3.63, 3.8) is 0 Å². The van der Waals surface area contributed by atoms with Gasteiger partial charge in [-0.15, -0.1) is 0 Å². The zero-order chi connectivity index (χ0) is 14.0. The Hall–Kier alpha value is -0.850. The molecule has 2 heterocycles. The molecule has 1 aliphatic rings. The fourth-order valence-electron chi connectivity index (χ4n) is 2.70. The number of aryl methyl sites for hydroxylation is 1. The highest BCUT2D eigenvalue weighted by atomic mass is 32.2. The zero-order valence-corrected chi connectivity index (χ0v) is 12.5. The third-order valence-electron chi connectivity index (χ3n) is 3.86. The minimum atomic E-state index is -3.38. The van der Waals surface area contributed by atoms with E-state index in [4.69, 9.17) is 5.73 Å². The number of hydrogen-bond donors (Lipinski definition) is 1. The molecule has 0 aliphatic carbocycles. The number of hydrogen-bond acceptors (Lipinski definition) is 3. The molecule has 0 radical (unpaired) electrons. The Morgan fingerprint density at radius 3 is 2.68 bits per heavy atom. The van der Waals surface area contributed by atoms with E-state index < -0.39 is 10.0 Å². The van der Waals surface area contributed by atoms with Crippen LogP contribution in [0.2, 0.25) is 0 Å². The molecule has 19 heavy (non-hydrogen) atoms. The highest BCUT2D eigenvalue weighted by Crippen LogP contribution is 2.26. The van der Waals surface area contributed by atoms with Gasteiger partial charge in [-0.05, 0) is 32.8 Å². The van der Waals surface area contributed by atoms with Crippen LogP contribution in [0.4, 0.5) is 0 Å². The van der Waals surface area contributed by atoms with E-state index in [9.17, 15) is 8.42 Å². The van der Waals surface area contributed by atoms with Crippen molar-refractivity contribution in [1.82, 2.24) is 8.87 Å². The lowest BCUT2D eigenvalue weighted by atomic mass is 10.1. The van der Waals surface area contributed by atoms with Gasteiger partial charge in [0, 0.05) is 37.6 Å². The summed E-state index contributed by atoms with van der Waals surface area (Å²) in [5, 5.41) is 0.